The molecule has 3 nitrogen and oxygen atoms in total. The molecule has 0 saturated carbocycles. The Bertz CT molecular complexity index is 359. The third-order valence-corrected chi connectivity index (χ3v) is 3.45. The monoisotopic (exact) mass is 234 g/mol. The Hall–Kier alpha value is -1.06. The molecule has 1 aliphatic rings. The molecule has 3 N–H and O–H groups in total. The standard InChI is InChI=1S/C14H22N2O/c1-11(15)14(17)12-7-3-4-8-13(12)16-9-5-2-6-10-16/h3-4,7-8,11,14,17H,2,5-6,9-10,15H2,1H3. The van der Waals surface area contributed by atoms with Crippen molar-refractivity contribution in [1.29, 1.82) is 0 Å². The molecule has 0 aromatic heterocycles. The quantitative estimate of drug-likeness (QED) is 0.841. The third-order valence-electron chi connectivity index (χ3n) is 3.45. The summed E-state index contributed by atoms with van der Waals surface area (Å²) < 4.78 is 0. The molecule has 3 heteroatoms. The highest BCUT2D eigenvalue weighted by molar-refractivity contribution is 5.55. The Balaban J connectivity index is 2.26. The summed E-state index contributed by atoms with van der Waals surface area (Å²) >= 11 is 0. The van der Waals surface area contributed by atoms with Gasteiger partial charge in [0.15, 0.2) is 0 Å². The van der Waals surface area contributed by atoms with Crippen LogP contribution in [0.4, 0.5) is 5.69 Å². The number of nitrogens with zero attached hydrogens (tertiary/aromatic N) is 1. The van der Waals surface area contributed by atoms with E-state index in [-0.39, 0.29) is 6.04 Å². The summed E-state index contributed by atoms with van der Waals surface area (Å²) in [6, 6.07) is 7.83. The molecule has 1 fully saturated rings. The number of nitrogens with two attached hydrogens (primary N) is 1. The van der Waals surface area contributed by atoms with Crippen LogP contribution in [-0.4, -0.2) is 24.2 Å². The molecule has 1 aromatic carbocycles. The molecular formula is C14H22N2O. The Kier molecular flexibility index (Phi) is 4.02. The third kappa shape index (κ3) is 2.79. The molecule has 0 aliphatic carbocycles. The Morgan fingerprint density at radius 2 is 1.82 bits per heavy atom. The average molecular weight is 234 g/mol. The normalized spacial score (nSPS) is 20.1. The molecule has 0 spiro atoms. The van der Waals surface area contributed by atoms with Crippen molar-refractivity contribution in [1.82, 2.24) is 0 Å². The Morgan fingerprint density at radius 1 is 1.18 bits per heavy atom. The molecule has 0 bridgehead atoms. The molecule has 2 unspecified atom stereocenters. The lowest BCUT2D eigenvalue weighted by molar-refractivity contribution is 0.153. The molecular weight excluding hydrogens is 212 g/mol. The van der Waals surface area contributed by atoms with Gasteiger partial charge in [-0.2, -0.15) is 0 Å². The molecule has 0 radical (unpaired) electrons. The highest BCUT2D eigenvalue weighted by atomic mass is 16.3. The van der Waals surface area contributed by atoms with E-state index in [1.54, 1.807) is 0 Å². The number of benzene rings is 1. The van der Waals surface area contributed by atoms with Gasteiger partial charge in [0.2, 0.25) is 0 Å². The van der Waals surface area contributed by atoms with E-state index in [1.807, 2.05) is 25.1 Å². The zero-order valence-electron chi connectivity index (χ0n) is 10.5. The van der Waals surface area contributed by atoms with Crippen molar-refractivity contribution in [3.05, 3.63) is 29.8 Å². The number of aliphatic hydroxyl groups is 1. The van der Waals surface area contributed by atoms with Gasteiger partial charge in [-0.05, 0) is 32.3 Å². The Labute approximate surface area is 103 Å². The van der Waals surface area contributed by atoms with Crippen molar-refractivity contribution >= 4 is 5.69 Å². The predicted octanol–water partition coefficient (Wildman–Crippen LogP) is 2.06. The first-order valence-electron chi connectivity index (χ1n) is 6.47. The summed E-state index contributed by atoms with van der Waals surface area (Å²) in [5.74, 6) is 0. The second-order valence-electron chi connectivity index (χ2n) is 4.91. The van der Waals surface area contributed by atoms with Gasteiger partial charge in [0, 0.05) is 30.4 Å². The second-order valence-corrected chi connectivity index (χ2v) is 4.91. The number of hydrogen-bond acceptors (Lipinski definition) is 3. The van der Waals surface area contributed by atoms with Gasteiger partial charge in [-0.25, -0.2) is 0 Å². The second kappa shape index (κ2) is 5.52. The van der Waals surface area contributed by atoms with Crippen LogP contribution >= 0.6 is 0 Å². The molecule has 94 valence electrons. The van der Waals surface area contributed by atoms with Crippen molar-refractivity contribution in [2.45, 2.75) is 38.3 Å². The van der Waals surface area contributed by atoms with E-state index in [1.165, 1.54) is 19.3 Å². The molecule has 1 aromatic rings. The maximum Gasteiger partial charge on any atom is 0.0958 e. The van der Waals surface area contributed by atoms with E-state index in [0.29, 0.717) is 0 Å². The fourth-order valence-electron chi connectivity index (χ4n) is 2.44. The van der Waals surface area contributed by atoms with Crippen LogP contribution in [0, 0.1) is 0 Å². The van der Waals surface area contributed by atoms with E-state index in [0.717, 1.165) is 24.3 Å². The van der Waals surface area contributed by atoms with Crippen LogP contribution in [0.1, 0.15) is 37.9 Å². The molecule has 0 amide bonds. The lowest BCUT2D eigenvalue weighted by Crippen LogP contribution is -2.32. The summed E-state index contributed by atoms with van der Waals surface area (Å²) in [5, 5.41) is 10.2. The van der Waals surface area contributed by atoms with Gasteiger partial charge in [-0.15, -0.1) is 0 Å². The summed E-state index contributed by atoms with van der Waals surface area (Å²) in [6.07, 6.45) is 3.22. The molecule has 1 aliphatic heterocycles. The lowest BCUT2D eigenvalue weighted by Gasteiger charge is -2.32. The van der Waals surface area contributed by atoms with E-state index in [2.05, 4.69) is 11.0 Å². The van der Waals surface area contributed by atoms with Crippen LogP contribution in [0.3, 0.4) is 0 Å². The predicted molar refractivity (Wildman–Crippen MR) is 71.1 cm³/mol. The fraction of sp³-hybridized carbons (Fsp3) is 0.571. The molecule has 17 heavy (non-hydrogen) atoms. The van der Waals surface area contributed by atoms with Crippen molar-refractivity contribution in [2.24, 2.45) is 5.73 Å². The lowest BCUT2D eigenvalue weighted by atomic mass is 10.00. The van der Waals surface area contributed by atoms with E-state index in [9.17, 15) is 5.11 Å². The molecule has 2 atom stereocenters. The number of piperidine rings is 1. The molecule has 1 saturated heterocycles. The highest BCUT2D eigenvalue weighted by Gasteiger charge is 2.20. The SMILES string of the molecule is CC(N)C(O)c1ccccc1N1CCCCC1. The van der Waals surface area contributed by atoms with Gasteiger partial charge in [0.1, 0.15) is 0 Å². The minimum absolute atomic E-state index is 0.235. The van der Waals surface area contributed by atoms with E-state index in [4.69, 9.17) is 5.73 Å². The van der Waals surface area contributed by atoms with Crippen LogP contribution in [0.2, 0.25) is 0 Å². The smallest absolute Gasteiger partial charge is 0.0958 e. The molecule has 1 heterocycles. The van der Waals surface area contributed by atoms with Crippen molar-refractivity contribution in [3.8, 4) is 0 Å². The van der Waals surface area contributed by atoms with Crippen LogP contribution < -0.4 is 10.6 Å². The highest BCUT2D eigenvalue weighted by Crippen LogP contribution is 2.29. The van der Waals surface area contributed by atoms with Gasteiger partial charge >= 0.3 is 0 Å². The van der Waals surface area contributed by atoms with Gasteiger partial charge in [-0.1, -0.05) is 18.2 Å². The molecule has 2 rings (SSSR count). The first-order valence-corrected chi connectivity index (χ1v) is 6.47. The first kappa shape index (κ1) is 12.4. The maximum atomic E-state index is 10.2. The summed E-state index contributed by atoms with van der Waals surface area (Å²) in [5.41, 5.74) is 7.91. The number of hydrogen-bond donors (Lipinski definition) is 2. The number of rotatable bonds is 3. The summed E-state index contributed by atoms with van der Waals surface area (Å²) in [4.78, 5) is 2.37. The Morgan fingerprint density at radius 3 is 2.47 bits per heavy atom. The van der Waals surface area contributed by atoms with Gasteiger partial charge in [0.25, 0.3) is 0 Å². The van der Waals surface area contributed by atoms with E-state index < -0.39 is 6.10 Å². The topological polar surface area (TPSA) is 49.5 Å². The minimum Gasteiger partial charge on any atom is -0.387 e. The number of aliphatic hydroxyl groups excluding tert-OH is 1. The van der Waals surface area contributed by atoms with Gasteiger partial charge in [0.05, 0.1) is 6.10 Å². The average Bonchev–Trinajstić information content (AvgIpc) is 2.39. The van der Waals surface area contributed by atoms with Crippen molar-refractivity contribution in [3.63, 3.8) is 0 Å². The summed E-state index contributed by atoms with van der Waals surface area (Å²) in [7, 11) is 0. The fourth-order valence-corrected chi connectivity index (χ4v) is 2.44. The number of para-hydroxylation sites is 1. The van der Waals surface area contributed by atoms with E-state index >= 15 is 0 Å². The van der Waals surface area contributed by atoms with Crippen LogP contribution in [0.25, 0.3) is 0 Å². The summed E-state index contributed by atoms with van der Waals surface area (Å²) in [6.45, 7) is 4.02. The first-order chi connectivity index (χ1) is 8.20. The van der Waals surface area contributed by atoms with Gasteiger partial charge < -0.3 is 15.7 Å². The maximum absolute atomic E-state index is 10.2. The largest absolute Gasteiger partial charge is 0.387 e. The van der Waals surface area contributed by atoms with Gasteiger partial charge in [-0.3, -0.25) is 0 Å². The van der Waals surface area contributed by atoms with Crippen molar-refractivity contribution < 1.29 is 5.11 Å². The zero-order valence-corrected chi connectivity index (χ0v) is 10.5. The van der Waals surface area contributed by atoms with Crippen LogP contribution in [0.5, 0.6) is 0 Å². The van der Waals surface area contributed by atoms with Crippen LogP contribution in [0.15, 0.2) is 24.3 Å². The van der Waals surface area contributed by atoms with Crippen LogP contribution in [-0.2, 0) is 0 Å². The number of anilines is 1. The van der Waals surface area contributed by atoms with Crippen molar-refractivity contribution in [2.75, 3.05) is 18.0 Å². The minimum atomic E-state index is -0.576. The zero-order chi connectivity index (χ0) is 12.3.